The Kier molecular flexibility index (Phi) is 3.73. The van der Waals surface area contributed by atoms with Crippen molar-refractivity contribution >= 4 is 28.9 Å². The normalized spacial score (nSPS) is 10.4. The van der Waals surface area contributed by atoms with Gasteiger partial charge >= 0.3 is 0 Å². The Morgan fingerprint density at radius 3 is 2.71 bits per heavy atom. The van der Waals surface area contributed by atoms with Crippen LogP contribution in [0, 0.1) is 3.57 Å². The summed E-state index contributed by atoms with van der Waals surface area (Å²) in [6, 6.07) is 0. The smallest absolute Gasteiger partial charge is 0.281 e. The first-order valence-electron chi connectivity index (χ1n) is 3.57. The molecule has 0 unspecified atom stereocenters. The van der Waals surface area contributed by atoms with Gasteiger partial charge in [-0.25, -0.2) is 8.78 Å². The van der Waals surface area contributed by atoms with Gasteiger partial charge in [0.25, 0.3) is 6.43 Å². The molecule has 0 bridgehead atoms. The van der Waals surface area contributed by atoms with Crippen molar-refractivity contribution in [1.29, 1.82) is 0 Å². The van der Waals surface area contributed by atoms with E-state index in [0.29, 0.717) is 9.86 Å². The zero-order valence-electron chi connectivity index (χ0n) is 7.13. The van der Waals surface area contributed by atoms with Crippen LogP contribution in [0.5, 0.6) is 5.75 Å². The highest BCUT2D eigenvalue weighted by molar-refractivity contribution is 14.1. The molecule has 0 radical (unpaired) electrons. The van der Waals surface area contributed by atoms with Crippen molar-refractivity contribution in [3.63, 3.8) is 0 Å². The van der Waals surface area contributed by atoms with Crippen LogP contribution in [0.2, 0.25) is 0 Å². The zero-order chi connectivity index (χ0) is 10.7. The first-order chi connectivity index (χ1) is 6.61. The molecule has 0 N–H and O–H groups in total. The van der Waals surface area contributed by atoms with Crippen LogP contribution in [0.25, 0.3) is 0 Å². The Morgan fingerprint density at radius 1 is 1.64 bits per heavy atom. The van der Waals surface area contributed by atoms with Crippen molar-refractivity contribution in [3.05, 3.63) is 21.0 Å². The minimum absolute atomic E-state index is 0.144. The molecular weight excluding hydrogens is 307 g/mol. The summed E-state index contributed by atoms with van der Waals surface area (Å²) in [7, 11) is 1.32. The summed E-state index contributed by atoms with van der Waals surface area (Å²) in [5.41, 5.74) is -0.730. The fraction of sp³-hybridized carbons (Fsp3) is 0.250. The summed E-state index contributed by atoms with van der Waals surface area (Å²) in [5.74, 6) is 0.144. The zero-order valence-corrected chi connectivity index (χ0v) is 9.29. The molecule has 76 valence electrons. The van der Waals surface area contributed by atoms with Crippen molar-refractivity contribution in [2.75, 3.05) is 7.11 Å². The number of carbonyl (C=O) groups excluding carboxylic acids is 1. The van der Waals surface area contributed by atoms with Crippen LogP contribution < -0.4 is 4.74 Å². The molecule has 0 aromatic carbocycles. The van der Waals surface area contributed by atoms with E-state index >= 15 is 0 Å². The van der Waals surface area contributed by atoms with Crippen LogP contribution in [0.3, 0.4) is 0 Å². The molecule has 1 aromatic heterocycles. The molecule has 1 heterocycles. The highest BCUT2D eigenvalue weighted by Crippen LogP contribution is 2.30. The van der Waals surface area contributed by atoms with E-state index in [0.717, 1.165) is 0 Å². The number of nitrogens with zero attached hydrogens (tertiary/aromatic N) is 1. The summed E-state index contributed by atoms with van der Waals surface area (Å²) in [5, 5.41) is 0. The molecule has 1 aromatic rings. The van der Waals surface area contributed by atoms with Gasteiger partial charge in [0.2, 0.25) is 0 Å². The summed E-state index contributed by atoms with van der Waals surface area (Å²) >= 11 is 1.86. The molecule has 1 rings (SSSR count). The molecule has 0 atom stereocenters. The number of ether oxygens (including phenoxy) is 1. The SMILES string of the molecule is COc1c(I)cnc(C(F)F)c1C=O. The highest BCUT2D eigenvalue weighted by atomic mass is 127. The average Bonchev–Trinajstić information content (AvgIpc) is 2.16. The lowest BCUT2D eigenvalue weighted by Crippen LogP contribution is -2.02. The van der Waals surface area contributed by atoms with E-state index in [4.69, 9.17) is 4.74 Å². The quantitative estimate of drug-likeness (QED) is 0.635. The highest BCUT2D eigenvalue weighted by Gasteiger charge is 2.20. The van der Waals surface area contributed by atoms with Crippen molar-refractivity contribution in [1.82, 2.24) is 4.98 Å². The Bertz CT molecular complexity index is 357. The van der Waals surface area contributed by atoms with E-state index in [-0.39, 0.29) is 11.3 Å². The second-order valence-corrected chi connectivity index (χ2v) is 3.52. The second-order valence-electron chi connectivity index (χ2n) is 2.36. The lowest BCUT2D eigenvalue weighted by Gasteiger charge is -2.09. The van der Waals surface area contributed by atoms with E-state index in [1.807, 2.05) is 22.6 Å². The third-order valence-electron chi connectivity index (χ3n) is 1.58. The number of pyridine rings is 1. The molecule has 0 saturated carbocycles. The Morgan fingerprint density at radius 2 is 2.29 bits per heavy atom. The lowest BCUT2D eigenvalue weighted by molar-refractivity contribution is 0.109. The van der Waals surface area contributed by atoms with E-state index < -0.39 is 12.1 Å². The number of methoxy groups -OCH3 is 1. The van der Waals surface area contributed by atoms with Gasteiger partial charge in [0.1, 0.15) is 11.4 Å². The number of alkyl halides is 2. The third-order valence-corrected chi connectivity index (χ3v) is 2.35. The van der Waals surface area contributed by atoms with Gasteiger partial charge in [-0.1, -0.05) is 0 Å². The maximum Gasteiger partial charge on any atom is 0.281 e. The van der Waals surface area contributed by atoms with Gasteiger partial charge in [-0.2, -0.15) is 0 Å². The fourth-order valence-corrected chi connectivity index (χ4v) is 1.64. The van der Waals surface area contributed by atoms with Crippen LogP contribution >= 0.6 is 22.6 Å². The molecule has 0 spiro atoms. The minimum atomic E-state index is -2.78. The summed E-state index contributed by atoms with van der Waals surface area (Å²) in [6.45, 7) is 0. The van der Waals surface area contributed by atoms with Gasteiger partial charge in [0.15, 0.2) is 6.29 Å². The second kappa shape index (κ2) is 4.63. The largest absolute Gasteiger partial charge is 0.495 e. The number of halogens is 3. The first kappa shape index (κ1) is 11.3. The maximum atomic E-state index is 12.4. The molecule has 0 aliphatic rings. The van der Waals surface area contributed by atoms with Gasteiger partial charge in [0, 0.05) is 6.20 Å². The Balaban J connectivity index is 3.40. The van der Waals surface area contributed by atoms with Gasteiger partial charge in [-0.05, 0) is 22.6 Å². The number of rotatable bonds is 3. The number of aromatic nitrogens is 1. The maximum absolute atomic E-state index is 12.4. The van der Waals surface area contributed by atoms with Gasteiger partial charge in [0.05, 0.1) is 16.2 Å². The van der Waals surface area contributed by atoms with E-state index in [2.05, 4.69) is 4.98 Å². The molecule has 6 heteroatoms. The Labute approximate surface area is 92.6 Å². The van der Waals surface area contributed by atoms with E-state index in [1.165, 1.54) is 13.3 Å². The van der Waals surface area contributed by atoms with Gasteiger partial charge in [-0.3, -0.25) is 9.78 Å². The number of hydrogen-bond donors (Lipinski definition) is 0. The van der Waals surface area contributed by atoms with E-state index in [9.17, 15) is 13.6 Å². The molecule has 0 saturated heterocycles. The molecule has 14 heavy (non-hydrogen) atoms. The first-order valence-corrected chi connectivity index (χ1v) is 4.65. The van der Waals surface area contributed by atoms with Crippen LogP contribution in [0.15, 0.2) is 6.20 Å². The molecule has 3 nitrogen and oxygen atoms in total. The van der Waals surface area contributed by atoms with Crippen LogP contribution in [-0.4, -0.2) is 18.4 Å². The number of hydrogen-bond acceptors (Lipinski definition) is 3. The van der Waals surface area contributed by atoms with Crippen LogP contribution in [-0.2, 0) is 0 Å². The van der Waals surface area contributed by atoms with Crippen LogP contribution in [0.1, 0.15) is 22.5 Å². The van der Waals surface area contributed by atoms with E-state index in [1.54, 1.807) is 0 Å². The monoisotopic (exact) mass is 313 g/mol. The minimum Gasteiger partial charge on any atom is -0.495 e. The third kappa shape index (κ3) is 1.99. The van der Waals surface area contributed by atoms with Crippen molar-refractivity contribution < 1.29 is 18.3 Å². The standard InChI is InChI=1S/C8H6F2INO2/c1-14-7-4(3-13)6(8(9)10)12-2-5(7)11/h2-3,8H,1H3. The molecule has 0 fully saturated rings. The Hall–Kier alpha value is -0.790. The van der Waals surface area contributed by atoms with Crippen LogP contribution in [0.4, 0.5) is 8.78 Å². The number of aldehydes is 1. The molecule has 0 amide bonds. The fourth-order valence-electron chi connectivity index (χ4n) is 0.995. The summed E-state index contributed by atoms with van der Waals surface area (Å²) in [6.07, 6.45) is -1.20. The predicted molar refractivity (Wildman–Crippen MR) is 53.9 cm³/mol. The van der Waals surface area contributed by atoms with Crippen molar-refractivity contribution in [3.8, 4) is 5.75 Å². The van der Waals surface area contributed by atoms with Crippen molar-refractivity contribution in [2.24, 2.45) is 0 Å². The molecular formula is C8H6F2INO2. The van der Waals surface area contributed by atoms with Crippen molar-refractivity contribution in [2.45, 2.75) is 6.43 Å². The van der Waals surface area contributed by atoms with Gasteiger partial charge < -0.3 is 4.74 Å². The number of carbonyl (C=O) groups is 1. The summed E-state index contributed by atoms with van der Waals surface area (Å²) in [4.78, 5) is 14.1. The average molecular weight is 313 g/mol. The lowest BCUT2D eigenvalue weighted by atomic mass is 10.2. The van der Waals surface area contributed by atoms with Gasteiger partial charge in [-0.15, -0.1) is 0 Å². The molecule has 0 aliphatic heterocycles. The predicted octanol–water partition coefficient (Wildman–Crippen LogP) is 2.44. The molecule has 0 aliphatic carbocycles. The topological polar surface area (TPSA) is 39.2 Å². The summed E-state index contributed by atoms with van der Waals surface area (Å²) < 4.78 is 30.1.